The number of nitrogens with zero attached hydrogens (tertiary/aromatic N) is 4. The zero-order valence-corrected chi connectivity index (χ0v) is 15.7. The summed E-state index contributed by atoms with van der Waals surface area (Å²) in [4.78, 5) is 44.1. The average Bonchev–Trinajstić information content (AvgIpc) is 3.20. The summed E-state index contributed by atoms with van der Waals surface area (Å²) in [6, 6.07) is 8.21. The molecule has 2 amide bonds. The van der Waals surface area contributed by atoms with Gasteiger partial charge < -0.3 is 11.1 Å². The van der Waals surface area contributed by atoms with E-state index in [9.17, 15) is 27.6 Å². The molecule has 160 valence electrons. The number of aromatic nitrogens is 4. The maximum absolute atomic E-state index is 13.5. The number of benzene rings is 1. The third kappa shape index (κ3) is 4.91. The molecule has 2 aromatic heterocycles. The zero-order chi connectivity index (χ0) is 22.6. The molecule has 3 rings (SSSR count). The van der Waals surface area contributed by atoms with E-state index in [0.717, 1.165) is 0 Å². The Kier molecular flexibility index (Phi) is 6.09. The summed E-state index contributed by atoms with van der Waals surface area (Å²) in [7, 11) is 0. The molecule has 0 saturated carbocycles. The Hall–Kier alpha value is -4.09. The van der Waals surface area contributed by atoms with Gasteiger partial charge in [0, 0.05) is 18.8 Å². The van der Waals surface area contributed by atoms with Gasteiger partial charge in [-0.05, 0) is 11.6 Å². The van der Waals surface area contributed by atoms with Crippen LogP contribution in [0, 0.1) is 0 Å². The predicted octanol–water partition coefficient (Wildman–Crippen LogP) is 1.08. The van der Waals surface area contributed by atoms with Gasteiger partial charge in [-0.3, -0.25) is 14.4 Å². The monoisotopic (exact) mass is 432 g/mol. The molecule has 0 bridgehead atoms. The molecule has 0 aliphatic carbocycles. The smallest absolute Gasteiger partial charge is 0.363 e. The van der Waals surface area contributed by atoms with Crippen molar-refractivity contribution in [2.24, 2.45) is 5.73 Å². The molecule has 0 radical (unpaired) electrons. The first-order valence-electron chi connectivity index (χ1n) is 8.79. The average molecular weight is 432 g/mol. The molecule has 0 aliphatic heterocycles. The third-order valence-electron chi connectivity index (χ3n) is 4.18. The van der Waals surface area contributed by atoms with Crippen LogP contribution in [0.2, 0.25) is 0 Å². The van der Waals surface area contributed by atoms with Crippen LogP contribution in [0.5, 0.6) is 0 Å². The van der Waals surface area contributed by atoms with E-state index in [-0.39, 0.29) is 12.4 Å². The normalized spacial score (nSPS) is 12.2. The molecule has 31 heavy (non-hydrogen) atoms. The molecular formula is C19H15F3N6O3. The summed E-state index contributed by atoms with van der Waals surface area (Å²) in [5.41, 5.74) is 3.31. The molecule has 3 N–H and O–H groups in total. The number of hydrogen-bond acceptors (Lipinski definition) is 6. The fraction of sp³-hybridized carbons (Fsp3) is 0.158. The Bertz CT molecular complexity index is 1100. The van der Waals surface area contributed by atoms with E-state index >= 15 is 0 Å². The number of carbonyl (C=O) groups excluding carboxylic acids is 3. The van der Waals surface area contributed by atoms with Crippen molar-refractivity contribution in [2.75, 3.05) is 0 Å². The number of primary amides is 1. The Morgan fingerprint density at radius 1 is 1.06 bits per heavy atom. The van der Waals surface area contributed by atoms with Crippen LogP contribution in [-0.4, -0.2) is 43.4 Å². The molecule has 2 heterocycles. The molecular weight excluding hydrogens is 417 g/mol. The number of halogens is 3. The van der Waals surface area contributed by atoms with Crippen LogP contribution in [0.3, 0.4) is 0 Å². The second-order valence-corrected chi connectivity index (χ2v) is 6.31. The first-order valence-corrected chi connectivity index (χ1v) is 8.79. The molecule has 9 nitrogen and oxygen atoms in total. The van der Waals surface area contributed by atoms with E-state index in [1.807, 2.05) is 0 Å². The van der Waals surface area contributed by atoms with Crippen molar-refractivity contribution in [1.82, 2.24) is 25.1 Å². The second-order valence-electron chi connectivity index (χ2n) is 6.31. The minimum atomic E-state index is -4.93. The maximum atomic E-state index is 13.5. The fourth-order valence-electron chi connectivity index (χ4n) is 2.78. The highest BCUT2D eigenvalue weighted by atomic mass is 19.4. The van der Waals surface area contributed by atoms with Gasteiger partial charge in [0.1, 0.15) is 17.3 Å². The molecule has 3 aromatic rings. The SMILES string of the molecule is NC(=O)C(=O)C(Cc1ccccc1)NC(=O)c1c(C(F)(F)F)cnn1-c1ncccn1. The first kappa shape index (κ1) is 21.6. The number of amides is 2. The van der Waals surface area contributed by atoms with Crippen LogP contribution in [-0.2, 0) is 22.2 Å². The van der Waals surface area contributed by atoms with Gasteiger partial charge in [0.25, 0.3) is 17.8 Å². The van der Waals surface area contributed by atoms with Gasteiger partial charge in [0.05, 0.1) is 6.20 Å². The zero-order valence-electron chi connectivity index (χ0n) is 15.7. The van der Waals surface area contributed by atoms with E-state index in [1.54, 1.807) is 30.3 Å². The van der Waals surface area contributed by atoms with Gasteiger partial charge in [-0.25, -0.2) is 9.97 Å². The quantitative estimate of drug-likeness (QED) is 0.537. The summed E-state index contributed by atoms with van der Waals surface area (Å²) in [5.74, 6) is -4.08. The number of carbonyl (C=O) groups is 3. The number of ketones is 1. The van der Waals surface area contributed by atoms with E-state index in [4.69, 9.17) is 5.73 Å². The Balaban J connectivity index is 2.00. The largest absolute Gasteiger partial charge is 0.420 e. The van der Waals surface area contributed by atoms with E-state index in [1.165, 1.54) is 18.5 Å². The molecule has 1 unspecified atom stereocenters. The van der Waals surface area contributed by atoms with E-state index in [2.05, 4.69) is 20.4 Å². The van der Waals surface area contributed by atoms with Crippen LogP contribution in [0.4, 0.5) is 13.2 Å². The van der Waals surface area contributed by atoms with E-state index < -0.39 is 41.1 Å². The number of nitrogens with one attached hydrogen (secondary N) is 1. The van der Waals surface area contributed by atoms with Crippen molar-refractivity contribution in [2.45, 2.75) is 18.6 Å². The van der Waals surface area contributed by atoms with Crippen molar-refractivity contribution in [3.8, 4) is 5.95 Å². The highest BCUT2D eigenvalue weighted by molar-refractivity contribution is 6.38. The van der Waals surface area contributed by atoms with Crippen molar-refractivity contribution in [3.05, 3.63) is 71.8 Å². The molecule has 12 heteroatoms. The molecule has 0 aliphatic rings. The van der Waals surface area contributed by atoms with Gasteiger partial charge in [0.15, 0.2) is 0 Å². The second kappa shape index (κ2) is 8.73. The van der Waals surface area contributed by atoms with Gasteiger partial charge in [0.2, 0.25) is 5.78 Å². The highest BCUT2D eigenvalue weighted by Crippen LogP contribution is 2.32. The molecule has 0 saturated heterocycles. The summed E-state index contributed by atoms with van der Waals surface area (Å²) in [6.07, 6.45) is -2.12. The van der Waals surface area contributed by atoms with Gasteiger partial charge >= 0.3 is 6.18 Å². The summed E-state index contributed by atoms with van der Waals surface area (Å²) < 4.78 is 41.1. The molecule has 0 spiro atoms. The Labute approximate surface area is 173 Å². The number of hydrogen-bond donors (Lipinski definition) is 2. The lowest BCUT2D eigenvalue weighted by Crippen LogP contribution is -2.48. The van der Waals surface area contributed by atoms with Crippen LogP contribution in [0.15, 0.2) is 55.0 Å². The fourth-order valence-corrected chi connectivity index (χ4v) is 2.78. The summed E-state index contributed by atoms with van der Waals surface area (Å²) in [5, 5.41) is 5.75. The highest BCUT2D eigenvalue weighted by Gasteiger charge is 2.40. The standard InChI is InChI=1S/C19H15F3N6O3/c20-19(21,22)12-10-26-28(18-24-7-4-8-25-18)14(12)17(31)27-13(15(29)16(23)30)9-11-5-2-1-3-6-11/h1-8,10,13H,9H2,(H2,23,30)(H,27,31). The number of nitrogens with two attached hydrogens (primary N) is 1. The van der Waals surface area contributed by atoms with Gasteiger partial charge in [-0.2, -0.15) is 23.0 Å². The lowest BCUT2D eigenvalue weighted by atomic mass is 10.0. The summed E-state index contributed by atoms with van der Waals surface area (Å²) in [6.45, 7) is 0. The van der Waals surface area contributed by atoms with Crippen molar-refractivity contribution in [1.29, 1.82) is 0 Å². The Morgan fingerprint density at radius 2 is 1.71 bits per heavy atom. The molecule has 0 fully saturated rings. The minimum Gasteiger partial charge on any atom is -0.363 e. The topological polar surface area (TPSA) is 133 Å². The van der Waals surface area contributed by atoms with Gasteiger partial charge in [-0.15, -0.1) is 0 Å². The number of Topliss-reactive ketones (excluding diaryl/α,β-unsaturated/α-hetero) is 1. The van der Waals surface area contributed by atoms with Crippen molar-refractivity contribution < 1.29 is 27.6 Å². The number of alkyl halides is 3. The molecule has 1 atom stereocenters. The van der Waals surface area contributed by atoms with Crippen LogP contribution in [0.25, 0.3) is 5.95 Å². The Morgan fingerprint density at radius 3 is 2.29 bits per heavy atom. The number of rotatable bonds is 7. The van der Waals surface area contributed by atoms with Crippen molar-refractivity contribution >= 4 is 17.6 Å². The van der Waals surface area contributed by atoms with Crippen LogP contribution in [0.1, 0.15) is 21.6 Å². The van der Waals surface area contributed by atoms with Crippen LogP contribution >= 0.6 is 0 Å². The van der Waals surface area contributed by atoms with Gasteiger partial charge in [-0.1, -0.05) is 30.3 Å². The maximum Gasteiger partial charge on any atom is 0.420 e. The van der Waals surface area contributed by atoms with Crippen LogP contribution < -0.4 is 11.1 Å². The van der Waals surface area contributed by atoms with E-state index in [0.29, 0.717) is 16.4 Å². The minimum absolute atomic E-state index is 0.161. The molecule has 1 aromatic carbocycles. The lowest BCUT2D eigenvalue weighted by Gasteiger charge is -2.18. The summed E-state index contributed by atoms with van der Waals surface area (Å²) >= 11 is 0. The predicted molar refractivity (Wildman–Crippen MR) is 99.8 cm³/mol. The third-order valence-corrected chi connectivity index (χ3v) is 4.18. The lowest BCUT2D eigenvalue weighted by molar-refractivity contribution is -0.138. The van der Waals surface area contributed by atoms with Crippen molar-refractivity contribution in [3.63, 3.8) is 0 Å². The first-order chi connectivity index (χ1) is 14.7.